The van der Waals surface area contributed by atoms with Crippen molar-refractivity contribution in [1.29, 1.82) is 0 Å². The summed E-state index contributed by atoms with van der Waals surface area (Å²) in [5.74, 6) is 0. The molecule has 1 heterocycles. The van der Waals surface area contributed by atoms with E-state index in [-0.39, 0.29) is 0 Å². The van der Waals surface area contributed by atoms with Gasteiger partial charge < -0.3 is 10.2 Å². The Morgan fingerprint density at radius 1 is 1.28 bits per heavy atom. The smallest absolute Gasteiger partial charge is 0.0369 e. The Kier molecular flexibility index (Phi) is 4.68. The molecule has 0 aliphatic carbocycles. The van der Waals surface area contributed by atoms with Crippen LogP contribution in [0.2, 0.25) is 0 Å². The van der Waals surface area contributed by atoms with Gasteiger partial charge in [-0.25, -0.2) is 0 Å². The highest BCUT2D eigenvalue weighted by molar-refractivity contribution is 9.10. The van der Waals surface area contributed by atoms with E-state index in [1.54, 1.807) is 0 Å². The maximum absolute atomic E-state index is 3.64. The van der Waals surface area contributed by atoms with E-state index >= 15 is 0 Å². The third-order valence-electron chi connectivity index (χ3n) is 3.57. The summed E-state index contributed by atoms with van der Waals surface area (Å²) < 4.78 is 1.20. The summed E-state index contributed by atoms with van der Waals surface area (Å²) in [6.07, 6.45) is 2.49. The molecule has 1 aliphatic heterocycles. The lowest BCUT2D eigenvalue weighted by Crippen LogP contribution is -2.44. The standard InChI is InChI=1S/C15H23BrN2/c1-11(2)17-13-6-8-18(9-7-13)14-4-5-15(16)12(3)10-14/h4-5,10-11,13,17H,6-9H2,1-3H3. The summed E-state index contributed by atoms with van der Waals surface area (Å²) in [5.41, 5.74) is 2.67. The van der Waals surface area contributed by atoms with Crippen molar-refractivity contribution < 1.29 is 0 Å². The van der Waals surface area contributed by atoms with Gasteiger partial charge in [0.05, 0.1) is 0 Å². The van der Waals surface area contributed by atoms with Gasteiger partial charge in [-0.15, -0.1) is 0 Å². The van der Waals surface area contributed by atoms with Gasteiger partial charge in [0.15, 0.2) is 0 Å². The molecule has 0 radical (unpaired) electrons. The van der Waals surface area contributed by atoms with Gasteiger partial charge >= 0.3 is 0 Å². The van der Waals surface area contributed by atoms with E-state index in [0.717, 1.165) is 13.1 Å². The molecule has 18 heavy (non-hydrogen) atoms. The summed E-state index contributed by atoms with van der Waals surface area (Å²) in [6, 6.07) is 7.94. The summed E-state index contributed by atoms with van der Waals surface area (Å²) in [5, 5.41) is 3.64. The molecule has 0 saturated carbocycles. The largest absolute Gasteiger partial charge is 0.371 e. The summed E-state index contributed by atoms with van der Waals surface area (Å²) in [7, 11) is 0. The van der Waals surface area contributed by atoms with E-state index in [2.05, 4.69) is 65.1 Å². The average Bonchev–Trinajstić information content (AvgIpc) is 2.33. The van der Waals surface area contributed by atoms with E-state index in [1.807, 2.05) is 0 Å². The summed E-state index contributed by atoms with van der Waals surface area (Å²) in [4.78, 5) is 2.50. The maximum Gasteiger partial charge on any atom is 0.0369 e. The third-order valence-corrected chi connectivity index (χ3v) is 4.46. The molecule has 1 aliphatic rings. The molecule has 100 valence electrons. The second kappa shape index (κ2) is 6.07. The first-order valence-corrected chi connectivity index (χ1v) is 7.62. The Hall–Kier alpha value is -0.540. The number of hydrogen-bond acceptors (Lipinski definition) is 2. The van der Waals surface area contributed by atoms with Crippen LogP contribution < -0.4 is 10.2 Å². The predicted molar refractivity (Wildman–Crippen MR) is 82.4 cm³/mol. The number of piperidine rings is 1. The summed E-state index contributed by atoms with van der Waals surface area (Å²) >= 11 is 3.56. The first kappa shape index (κ1) is 13.9. The van der Waals surface area contributed by atoms with Crippen LogP contribution in [0.15, 0.2) is 22.7 Å². The first-order valence-electron chi connectivity index (χ1n) is 6.83. The molecule has 2 rings (SSSR count). The lowest BCUT2D eigenvalue weighted by molar-refractivity contribution is 0.387. The number of nitrogens with one attached hydrogen (secondary N) is 1. The number of hydrogen-bond donors (Lipinski definition) is 1. The Labute approximate surface area is 119 Å². The van der Waals surface area contributed by atoms with Crippen molar-refractivity contribution in [3.05, 3.63) is 28.2 Å². The van der Waals surface area contributed by atoms with Crippen LogP contribution in [-0.2, 0) is 0 Å². The van der Waals surface area contributed by atoms with Gasteiger partial charge in [0, 0.05) is 35.3 Å². The van der Waals surface area contributed by atoms with E-state index in [1.165, 1.54) is 28.6 Å². The van der Waals surface area contributed by atoms with E-state index in [0.29, 0.717) is 12.1 Å². The average molecular weight is 311 g/mol. The van der Waals surface area contributed by atoms with Gasteiger partial charge in [-0.3, -0.25) is 0 Å². The highest BCUT2D eigenvalue weighted by Crippen LogP contribution is 2.25. The number of nitrogens with zero attached hydrogens (tertiary/aromatic N) is 1. The first-order chi connectivity index (χ1) is 8.56. The normalized spacial score (nSPS) is 17.5. The Bertz CT molecular complexity index is 395. The van der Waals surface area contributed by atoms with Gasteiger partial charge in [-0.05, 0) is 43.5 Å². The van der Waals surface area contributed by atoms with Gasteiger partial charge in [0.25, 0.3) is 0 Å². The van der Waals surface area contributed by atoms with E-state index in [9.17, 15) is 0 Å². The Morgan fingerprint density at radius 2 is 1.94 bits per heavy atom. The van der Waals surface area contributed by atoms with Crippen molar-refractivity contribution in [1.82, 2.24) is 5.32 Å². The number of halogens is 1. The predicted octanol–water partition coefficient (Wildman–Crippen LogP) is 3.72. The van der Waals surface area contributed by atoms with Gasteiger partial charge in [-0.1, -0.05) is 29.8 Å². The van der Waals surface area contributed by atoms with Crippen LogP contribution in [0.1, 0.15) is 32.3 Å². The molecule has 0 spiro atoms. The van der Waals surface area contributed by atoms with Crippen molar-refractivity contribution in [3.8, 4) is 0 Å². The minimum Gasteiger partial charge on any atom is -0.371 e. The van der Waals surface area contributed by atoms with Crippen LogP contribution in [0.3, 0.4) is 0 Å². The zero-order valence-corrected chi connectivity index (χ0v) is 13.1. The Morgan fingerprint density at radius 3 is 2.50 bits per heavy atom. The molecule has 1 fully saturated rings. The minimum atomic E-state index is 0.594. The molecule has 1 aromatic rings. The lowest BCUT2D eigenvalue weighted by Gasteiger charge is -2.35. The fraction of sp³-hybridized carbons (Fsp3) is 0.600. The topological polar surface area (TPSA) is 15.3 Å². The fourth-order valence-electron chi connectivity index (χ4n) is 2.60. The molecule has 2 nitrogen and oxygen atoms in total. The zero-order chi connectivity index (χ0) is 13.1. The van der Waals surface area contributed by atoms with Crippen molar-refractivity contribution in [2.24, 2.45) is 0 Å². The molecule has 0 atom stereocenters. The van der Waals surface area contributed by atoms with Crippen LogP contribution in [0.4, 0.5) is 5.69 Å². The van der Waals surface area contributed by atoms with Crippen LogP contribution in [0.25, 0.3) is 0 Å². The molecule has 3 heteroatoms. The fourth-order valence-corrected chi connectivity index (χ4v) is 2.85. The molecule has 1 N–H and O–H groups in total. The second-order valence-corrected chi connectivity index (χ2v) is 6.37. The highest BCUT2D eigenvalue weighted by Gasteiger charge is 2.19. The van der Waals surface area contributed by atoms with E-state index in [4.69, 9.17) is 0 Å². The monoisotopic (exact) mass is 310 g/mol. The van der Waals surface area contributed by atoms with Crippen molar-refractivity contribution in [3.63, 3.8) is 0 Å². The van der Waals surface area contributed by atoms with Crippen LogP contribution in [-0.4, -0.2) is 25.2 Å². The highest BCUT2D eigenvalue weighted by atomic mass is 79.9. The molecular weight excluding hydrogens is 288 g/mol. The summed E-state index contributed by atoms with van der Waals surface area (Å²) in [6.45, 7) is 8.92. The molecular formula is C15H23BrN2. The van der Waals surface area contributed by atoms with Gasteiger partial charge in [-0.2, -0.15) is 0 Å². The number of aryl methyl sites for hydroxylation is 1. The number of benzene rings is 1. The molecule has 1 aromatic carbocycles. The number of anilines is 1. The quantitative estimate of drug-likeness (QED) is 0.915. The van der Waals surface area contributed by atoms with Crippen molar-refractivity contribution in [2.45, 2.75) is 45.7 Å². The zero-order valence-electron chi connectivity index (χ0n) is 11.5. The van der Waals surface area contributed by atoms with Crippen molar-refractivity contribution >= 4 is 21.6 Å². The maximum atomic E-state index is 3.64. The van der Waals surface area contributed by atoms with Gasteiger partial charge in [0.2, 0.25) is 0 Å². The molecule has 0 amide bonds. The Balaban J connectivity index is 1.94. The lowest BCUT2D eigenvalue weighted by atomic mass is 10.0. The molecule has 0 unspecified atom stereocenters. The SMILES string of the molecule is Cc1cc(N2CCC(NC(C)C)CC2)ccc1Br. The van der Waals surface area contributed by atoms with Gasteiger partial charge in [0.1, 0.15) is 0 Å². The molecule has 0 bridgehead atoms. The van der Waals surface area contributed by atoms with E-state index < -0.39 is 0 Å². The second-order valence-electron chi connectivity index (χ2n) is 5.52. The molecule has 0 aromatic heterocycles. The van der Waals surface area contributed by atoms with Crippen molar-refractivity contribution in [2.75, 3.05) is 18.0 Å². The minimum absolute atomic E-state index is 0.594. The van der Waals surface area contributed by atoms with Crippen LogP contribution in [0, 0.1) is 6.92 Å². The molecule has 1 saturated heterocycles. The third kappa shape index (κ3) is 3.48. The van der Waals surface area contributed by atoms with Crippen LogP contribution in [0.5, 0.6) is 0 Å². The number of rotatable bonds is 3. The van der Waals surface area contributed by atoms with Crippen LogP contribution >= 0.6 is 15.9 Å².